The van der Waals surface area contributed by atoms with Crippen molar-refractivity contribution in [3.63, 3.8) is 0 Å². The van der Waals surface area contributed by atoms with Crippen LogP contribution in [0.1, 0.15) is 51.5 Å². The maximum atomic E-state index is 15.1. The summed E-state index contributed by atoms with van der Waals surface area (Å²) in [6.07, 6.45) is 3.42. The van der Waals surface area contributed by atoms with E-state index in [4.69, 9.17) is 14.2 Å². The number of ether oxygens (including phenoxy) is 3. The van der Waals surface area contributed by atoms with Gasteiger partial charge in [0.15, 0.2) is 34.7 Å². The number of carbonyl (C=O) groups excluding carboxylic acids is 1. The first kappa shape index (κ1) is 30.0. The van der Waals surface area contributed by atoms with Crippen molar-refractivity contribution < 1.29 is 45.3 Å². The molecule has 0 spiro atoms. The molecule has 3 aromatic carbocycles. The average Bonchev–Trinajstić information content (AvgIpc) is 2.97. The van der Waals surface area contributed by atoms with Gasteiger partial charge in [0.25, 0.3) is 0 Å². The van der Waals surface area contributed by atoms with Gasteiger partial charge in [-0.15, -0.1) is 0 Å². The molecule has 0 heterocycles. The van der Waals surface area contributed by atoms with E-state index in [1.54, 1.807) is 6.92 Å². The van der Waals surface area contributed by atoms with Gasteiger partial charge in [-0.3, -0.25) is 4.79 Å². The van der Waals surface area contributed by atoms with Crippen molar-refractivity contribution in [1.82, 2.24) is 0 Å². The SMILES string of the molecule is CCCCOc1ccc(OC(=O)C2CC=C(c3ccc(-c4ccc(OCC)c(F)c4F)c(F)c3F)CC2)c(F)c1F. The van der Waals surface area contributed by atoms with Crippen LogP contribution in [-0.2, 0) is 4.79 Å². The molecule has 0 saturated heterocycles. The zero-order valence-electron chi connectivity index (χ0n) is 22.5. The van der Waals surface area contributed by atoms with Crippen molar-refractivity contribution in [2.75, 3.05) is 13.2 Å². The molecule has 3 aromatic rings. The summed E-state index contributed by atoms with van der Waals surface area (Å²) in [5.41, 5.74) is -0.601. The van der Waals surface area contributed by atoms with Gasteiger partial charge in [0.05, 0.1) is 19.1 Å². The summed E-state index contributed by atoms with van der Waals surface area (Å²) in [4.78, 5) is 12.6. The Morgan fingerprint density at radius 2 is 1.27 bits per heavy atom. The lowest BCUT2D eigenvalue weighted by Crippen LogP contribution is -2.23. The molecule has 0 fully saturated rings. The van der Waals surface area contributed by atoms with E-state index in [9.17, 15) is 22.4 Å². The van der Waals surface area contributed by atoms with Crippen molar-refractivity contribution >= 4 is 11.5 Å². The topological polar surface area (TPSA) is 44.8 Å². The van der Waals surface area contributed by atoms with E-state index in [0.717, 1.165) is 30.7 Å². The van der Waals surface area contributed by atoms with E-state index in [2.05, 4.69) is 0 Å². The molecule has 4 rings (SSSR count). The number of halogens is 6. The highest BCUT2D eigenvalue weighted by Crippen LogP contribution is 2.38. The van der Waals surface area contributed by atoms with Crippen LogP contribution < -0.4 is 14.2 Å². The fourth-order valence-electron chi connectivity index (χ4n) is 4.53. The third-order valence-electron chi connectivity index (χ3n) is 6.79. The van der Waals surface area contributed by atoms with Crippen LogP contribution in [0.15, 0.2) is 42.5 Å². The predicted octanol–water partition coefficient (Wildman–Crippen LogP) is 8.55. The van der Waals surface area contributed by atoms with Gasteiger partial charge in [-0.25, -0.2) is 13.2 Å². The Balaban J connectivity index is 1.47. The number of hydrogen-bond acceptors (Lipinski definition) is 4. The van der Waals surface area contributed by atoms with Crippen LogP contribution in [0.2, 0.25) is 0 Å². The quantitative estimate of drug-likeness (QED) is 0.105. The van der Waals surface area contributed by atoms with Crippen molar-refractivity contribution in [3.8, 4) is 28.4 Å². The molecule has 1 aliphatic rings. The Labute approximate surface area is 233 Å². The largest absolute Gasteiger partial charge is 0.491 e. The number of rotatable bonds is 10. The molecule has 0 radical (unpaired) electrons. The van der Waals surface area contributed by atoms with E-state index in [1.165, 1.54) is 18.2 Å². The fourth-order valence-corrected chi connectivity index (χ4v) is 4.53. The summed E-state index contributed by atoms with van der Waals surface area (Å²) < 4.78 is 103. The van der Waals surface area contributed by atoms with Crippen LogP contribution in [-0.4, -0.2) is 19.2 Å². The summed E-state index contributed by atoms with van der Waals surface area (Å²) in [7, 11) is 0. The Bertz CT molecular complexity index is 1470. The Kier molecular flexibility index (Phi) is 9.62. The normalized spacial score (nSPS) is 14.9. The second kappa shape index (κ2) is 13.1. The molecule has 0 aromatic heterocycles. The number of allylic oxidation sites excluding steroid dienone is 2. The van der Waals surface area contributed by atoms with Crippen LogP contribution >= 0.6 is 0 Å². The standard InChI is InChI=1S/C31H28F6O4/c1-3-5-16-40-23-14-15-24(30(37)29(23)36)41-31(38)18-8-6-17(7-9-18)19-10-11-20(26(33)25(19)32)21-12-13-22(39-4-2)28(35)27(21)34/h6,10-15,18H,3-5,7-9,16H2,1-2H3. The molecule has 0 saturated carbocycles. The molecular formula is C31H28F6O4. The van der Waals surface area contributed by atoms with E-state index >= 15 is 8.78 Å². The molecule has 218 valence electrons. The Hall–Kier alpha value is -3.95. The van der Waals surface area contributed by atoms with Crippen molar-refractivity contribution in [2.24, 2.45) is 5.92 Å². The number of benzene rings is 3. The lowest BCUT2D eigenvalue weighted by molar-refractivity contribution is -0.139. The van der Waals surface area contributed by atoms with Gasteiger partial charge in [0, 0.05) is 16.7 Å². The van der Waals surface area contributed by atoms with Gasteiger partial charge in [-0.05, 0) is 62.4 Å². The minimum atomic E-state index is -1.37. The maximum Gasteiger partial charge on any atom is 0.314 e. The van der Waals surface area contributed by atoms with Crippen molar-refractivity contribution in [3.05, 3.63) is 82.9 Å². The van der Waals surface area contributed by atoms with E-state index in [-0.39, 0.29) is 49.5 Å². The van der Waals surface area contributed by atoms with Gasteiger partial charge in [-0.2, -0.15) is 13.2 Å². The van der Waals surface area contributed by atoms with Crippen LogP contribution in [0.5, 0.6) is 17.2 Å². The molecular weight excluding hydrogens is 550 g/mol. The maximum absolute atomic E-state index is 15.1. The number of carbonyl (C=O) groups is 1. The van der Waals surface area contributed by atoms with Crippen molar-refractivity contribution in [2.45, 2.75) is 46.0 Å². The molecule has 41 heavy (non-hydrogen) atoms. The van der Waals surface area contributed by atoms with E-state index < -0.39 is 63.7 Å². The predicted molar refractivity (Wildman–Crippen MR) is 141 cm³/mol. The number of hydrogen-bond donors (Lipinski definition) is 0. The summed E-state index contributed by atoms with van der Waals surface area (Å²) in [5, 5.41) is 0. The third kappa shape index (κ3) is 6.36. The Morgan fingerprint density at radius 1 is 0.732 bits per heavy atom. The minimum absolute atomic E-state index is 0.0814. The monoisotopic (exact) mass is 578 g/mol. The van der Waals surface area contributed by atoms with Crippen LogP contribution in [0.4, 0.5) is 26.3 Å². The second-order valence-corrected chi connectivity index (χ2v) is 9.47. The first-order valence-corrected chi connectivity index (χ1v) is 13.3. The zero-order valence-corrected chi connectivity index (χ0v) is 22.5. The van der Waals surface area contributed by atoms with Gasteiger partial charge in [0.1, 0.15) is 0 Å². The van der Waals surface area contributed by atoms with Crippen molar-refractivity contribution in [1.29, 1.82) is 0 Å². The zero-order chi connectivity index (χ0) is 29.7. The van der Waals surface area contributed by atoms with Gasteiger partial charge < -0.3 is 14.2 Å². The van der Waals surface area contributed by atoms with Gasteiger partial charge in [0.2, 0.25) is 17.5 Å². The highest BCUT2D eigenvalue weighted by Gasteiger charge is 2.28. The molecule has 1 atom stereocenters. The van der Waals surface area contributed by atoms with E-state index in [0.29, 0.717) is 12.0 Å². The molecule has 0 amide bonds. The van der Waals surface area contributed by atoms with Gasteiger partial charge in [-0.1, -0.05) is 31.6 Å². The summed E-state index contributed by atoms with van der Waals surface area (Å²) in [6, 6.07) is 6.96. The lowest BCUT2D eigenvalue weighted by Gasteiger charge is -2.22. The first-order valence-electron chi connectivity index (χ1n) is 13.3. The second-order valence-electron chi connectivity index (χ2n) is 9.47. The van der Waals surface area contributed by atoms with Crippen LogP contribution in [0.3, 0.4) is 0 Å². The smallest absolute Gasteiger partial charge is 0.314 e. The molecule has 4 nitrogen and oxygen atoms in total. The number of esters is 1. The molecule has 0 bridgehead atoms. The molecule has 0 aliphatic heterocycles. The molecule has 1 aliphatic carbocycles. The van der Waals surface area contributed by atoms with Crippen LogP contribution in [0, 0.1) is 40.8 Å². The number of unbranched alkanes of at least 4 members (excludes halogenated alkanes) is 1. The average molecular weight is 579 g/mol. The summed E-state index contributed by atoms with van der Waals surface area (Å²) in [6.45, 7) is 3.83. The lowest BCUT2D eigenvalue weighted by atomic mass is 9.86. The minimum Gasteiger partial charge on any atom is -0.491 e. The molecule has 10 heteroatoms. The molecule has 1 unspecified atom stereocenters. The fraction of sp³-hybridized carbons (Fsp3) is 0.323. The highest BCUT2D eigenvalue weighted by molar-refractivity contribution is 5.78. The van der Waals surface area contributed by atoms with E-state index in [1.807, 2.05) is 6.92 Å². The first-order chi connectivity index (χ1) is 19.7. The molecule has 0 N–H and O–H groups in total. The highest BCUT2D eigenvalue weighted by atomic mass is 19.2. The Morgan fingerprint density at radius 3 is 1.93 bits per heavy atom. The summed E-state index contributed by atoms with van der Waals surface area (Å²) in [5.74, 6) is -10.6. The van der Waals surface area contributed by atoms with Gasteiger partial charge >= 0.3 is 5.97 Å². The summed E-state index contributed by atoms with van der Waals surface area (Å²) >= 11 is 0. The van der Waals surface area contributed by atoms with Crippen LogP contribution in [0.25, 0.3) is 16.7 Å². The third-order valence-corrected chi connectivity index (χ3v) is 6.79.